The number of aromatic nitrogens is 4. The summed E-state index contributed by atoms with van der Waals surface area (Å²) in [5.74, 6) is -0.631. The van der Waals surface area contributed by atoms with E-state index in [9.17, 15) is 4.79 Å². The summed E-state index contributed by atoms with van der Waals surface area (Å²) in [7, 11) is 0. The lowest BCUT2D eigenvalue weighted by Crippen LogP contribution is -2.37. The van der Waals surface area contributed by atoms with E-state index in [1.54, 1.807) is 19.9 Å². The van der Waals surface area contributed by atoms with Crippen LogP contribution in [0.4, 0.5) is 5.95 Å². The van der Waals surface area contributed by atoms with Crippen molar-refractivity contribution in [2.24, 2.45) is 10.9 Å². The number of rotatable bonds is 3. The minimum absolute atomic E-state index is 0.292. The Morgan fingerprint density at radius 2 is 2.18 bits per heavy atom. The van der Waals surface area contributed by atoms with Crippen molar-refractivity contribution in [3.8, 4) is 0 Å². The van der Waals surface area contributed by atoms with Crippen LogP contribution in [0.5, 0.6) is 0 Å². The largest absolute Gasteiger partial charge is 0.465 e. The summed E-state index contributed by atoms with van der Waals surface area (Å²) in [6, 6.07) is 6.83. The number of benzene rings is 1. The van der Waals surface area contributed by atoms with Crippen LogP contribution in [0, 0.1) is 5.92 Å². The summed E-state index contributed by atoms with van der Waals surface area (Å²) in [4.78, 5) is 16.7. The standard InChI is InChI=1S/C14H14ClN5O2/c1-3-22-13(21)11-8(2)16-14-17-18-19-20(14)12(11)9-6-4-5-7-10(9)15/h4-7,11-12H,3H2,1-2H3. The van der Waals surface area contributed by atoms with Crippen LogP contribution < -0.4 is 0 Å². The van der Waals surface area contributed by atoms with Crippen molar-refractivity contribution in [3.63, 3.8) is 0 Å². The van der Waals surface area contributed by atoms with Crippen molar-refractivity contribution in [2.75, 3.05) is 6.61 Å². The van der Waals surface area contributed by atoms with E-state index in [0.717, 1.165) is 5.56 Å². The van der Waals surface area contributed by atoms with Crippen molar-refractivity contribution >= 4 is 29.2 Å². The Balaban J connectivity index is 2.15. The van der Waals surface area contributed by atoms with E-state index in [4.69, 9.17) is 16.3 Å². The Bertz CT molecular complexity index is 742. The summed E-state index contributed by atoms with van der Waals surface area (Å²) in [5, 5.41) is 12.0. The van der Waals surface area contributed by atoms with Crippen LogP contribution >= 0.6 is 11.6 Å². The molecule has 1 aliphatic heterocycles. The fourth-order valence-electron chi connectivity index (χ4n) is 2.60. The molecule has 0 saturated heterocycles. The number of ether oxygens (including phenoxy) is 1. The minimum atomic E-state index is -0.615. The Morgan fingerprint density at radius 1 is 1.41 bits per heavy atom. The van der Waals surface area contributed by atoms with E-state index in [2.05, 4.69) is 20.5 Å². The number of carbonyl (C=O) groups is 1. The maximum atomic E-state index is 12.4. The molecular formula is C14H14ClN5O2. The van der Waals surface area contributed by atoms with Gasteiger partial charge in [-0.25, -0.2) is 9.67 Å². The molecule has 0 fully saturated rings. The SMILES string of the molecule is CCOC(=O)C1C(C)=Nc2nnnn2C1c1ccccc1Cl. The van der Waals surface area contributed by atoms with Crippen molar-refractivity contribution in [3.05, 3.63) is 34.9 Å². The number of fused-ring (bicyclic) bond motifs is 1. The third-order valence-corrected chi connectivity index (χ3v) is 3.89. The molecule has 1 aromatic carbocycles. The summed E-state index contributed by atoms with van der Waals surface area (Å²) in [5.41, 5.74) is 1.36. The Hall–Kier alpha value is -2.28. The first-order chi connectivity index (χ1) is 10.6. The van der Waals surface area contributed by atoms with E-state index in [1.165, 1.54) is 4.68 Å². The van der Waals surface area contributed by atoms with Crippen LogP contribution in [-0.2, 0) is 9.53 Å². The summed E-state index contributed by atoms with van der Waals surface area (Å²) in [6.07, 6.45) is 0. The Labute approximate surface area is 131 Å². The van der Waals surface area contributed by atoms with Gasteiger partial charge in [0.05, 0.1) is 6.61 Å². The maximum Gasteiger partial charge on any atom is 0.317 e. The average molecular weight is 320 g/mol. The number of aliphatic imine (C=N–C) groups is 1. The summed E-state index contributed by atoms with van der Waals surface area (Å²) >= 11 is 6.31. The third-order valence-electron chi connectivity index (χ3n) is 3.55. The number of nitrogens with zero attached hydrogens (tertiary/aromatic N) is 5. The van der Waals surface area contributed by atoms with Gasteiger partial charge < -0.3 is 4.74 Å². The first-order valence-corrected chi connectivity index (χ1v) is 7.25. The second-order valence-electron chi connectivity index (χ2n) is 4.87. The highest BCUT2D eigenvalue weighted by molar-refractivity contribution is 6.31. The van der Waals surface area contributed by atoms with Crippen molar-refractivity contribution in [2.45, 2.75) is 19.9 Å². The second kappa shape index (κ2) is 5.84. The van der Waals surface area contributed by atoms with Gasteiger partial charge in [0.2, 0.25) is 0 Å². The minimum Gasteiger partial charge on any atom is -0.465 e. The molecule has 0 spiro atoms. The van der Waals surface area contributed by atoms with E-state index in [0.29, 0.717) is 23.3 Å². The smallest absolute Gasteiger partial charge is 0.317 e. The van der Waals surface area contributed by atoms with Gasteiger partial charge in [0.15, 0.2) is 0 Å². The highest BCUT2D eigenvalue weighted by Gasteiger charge is 2.40. The summed E-state index contributed by atoms with van der Waals surface area (Å²) < 4.78 is 6.70. The molecule has 2 unspecified atom stereocenters. The molecule has 8 heteroatoms. The van der Waals surface area contributed by atoms with Gasteiger partial charge in [-0.3, -0.25) is 4.79 Å². The first-order valence-electron chi connectivity index (χ1n) is 6.87. The van der Waals surface area contributed by atoms with Gasteiger partial charge in [0.1, 0.15) is 12.0 Å². The average Bonchev–Trinajstić information content (AvgIpc) is 2.94. The Morgan fingerprint density at radius 3 is 2.91 bits per heavy atom. The molecule has 3 rings (SSSR count). The van der Waals surface area contributed by atoms with Crippen molar-refractivity contribution < 1.29 is 9.53 Å². The molecule has 2 aromatic rings. The predicted octanol–water partition coefficient (Wildman–Crippen LogP) is 2.20. The zero-order chi connectivity index (χ0) is 15.7. The lowest BCUT2D eigenvalue weighted by atomic mass is 9.88. The van der Waals surface area contributed by atoms with Gasteiger partial charge in [-0.2, -0.15) is 0 Å². The molecule has 2 atom stereocenters. The number of hydrogen-bond acceptors (Lipinski definition) is 6. The van der Waals surface area contributed by atoms with Crippen LogP contribution in [-0.4, -0.2) is 38.5 Å². The first kappa shape index (κ1) is 14.6. The molecule has 0 amide bonds. The monoisotopic (exact) mass is 319 g/mol. The van der Waals surface area contributed by atoms with Crippen LogP contribution in [0.3, 0.4) is 0 Å². The van der Waals surface area contributed by atoms with Gasteiger partial charge >= 0.3 is 5.97 Å². The molecule has 2 heterocycles. The van der Waals surface area contributed by atoms with Crippen LogP contribution in [0.1, 0.15) is 25.5 Å². The molecule has 22 heavy (non-hydrogen) atoms. The topological polar surface area (TPSA) is 82.3 Å². The molecule has 0 N–H and O–H groups in total. The normalized spacial score (nSPS) is 20.2. The lowest BCUT2D eigenvalue weighted by Gasteiger charge is -2.29. The molecule has 1 aromatic heterocycles. The molecule has 0 saturated carbocycles. The quantitative estimate of drug-likeness (QED) is 0.810. The molecule has 0 radical (unpaired) electrons. The number of hydrogen-bond donors (Lipinski definition) is 0. The predicted molar refractivity (Wildman–Crippen MR) is 80.3 cm³/mol. The lowest BCUT2D eigenvalue weighted by molar-refractivity contribution is -0.146. The van der Waals surface area contributed by atoms with Crippen molar-refractivity contribution in [1.82, 2.24) is 20.2 Å². The van der Waals surface area contributed by atoms with Gasteiger partial charge in [0, 0.05) is 10.7 Å². The van der Waals surface area contributed by atoms with Gasteiger partial charge in [0.25, 0.3) is 5.95 Å². The molecule has 1 aliphatic rings. The van der Waals surface area contributed by atoms with Gasteiger partial charge in [-0.15, -0.1) is 0 Å². The zero-order valence-electron chi connectivity index (χ0n) is 12.1. The number of halogens is 1. The number of tetrazole rings is 1. The molecule has 114 valence electrons. The zero-order valence-corrected chi connectivity index (χ0v) is 12.9. The highest BCUT2D eigenvalue weighted by Crippen LogP contribution is 2.37. The van der Waals surface area contributed by atoms with E-state index < -0.39 is 12.0 Å². The van der Waals surface area contributed by atoms with Crippen LogP contribution in [0.25, 0.3) is 0 Å². The molecule has 0 aliphatic carbocycles. The Kier molecular flexibility index (Phi) is 3.89. The maximum absolute atomic E-state index is 12.4. The van der Waals surface area contributed by atoms with Crippen LogP contribution in [0.15, 0.2) is 29.3 Å². The molecule has 0 bridgehead atoms. The number of esters is 1. The van der Waals surface area contributed by atoms with Crippen molar-refractivity contribution in [1.29, 1.82) is 0 Å². The van der Waals surface area contributed by atoms with Gasteiger partial charge in [-0.05, 0) is 35.9 Å². The fraction of sp³-hybridized carbons (Fsp3) is 0.357. The van der Waals surface area contributed by atoms with E-state index in [-0.39, 0.29) is 5.97 Å². The number of carbonyl (C=O) groups excluding carboxylic acids is 1. The van der Waals surface area contributed by atoms with E-state index >= 15 is 0 Å². The molecule has 7 nitrogen and oxygen atoms in total. The fourth-order valence-corrected chi connectivity index (χ4v) is 2.84. The van der Waals surface area contributed by atoms with Crippen LogP contribution in [0.2, 0.25) is 5.02 Å². The highest BCUT2D eigenvalue weighted by atomic mass is 35.5. The van der Waals surface area contributed by atoms with Gasteiger partial charge in [-0.1, -0.05) is 34.9 Å². The molecular weight excluding hydrogens is 306 g/mol. The third kappa shape index (κ3) is 2.37. The second-order valence-corrected chi connectivity index (χ2v) is 5.28. The summed E-state index contributed by atoms with van der Waals surface area (Å²) in [6.45, 7) is 3.82. The van der Waals surface area contributed by atoms with E-state index in [1.807, 2.05) is 18.2 Å².